The van der Waals surface area contributed by atoms with E-state index in [1.165, 1.54) is 0 Å². The summed E-state index contributed by atoms with van der Waals surface area (Å²) in [5.41, 5.74) is 3.01. The van der Waals surface area contributed by atoms with Crippen molar-refractivity contribution in [3.05, 3.63) is 41.5 Å². The molecule has 1 aromatic rings. The lowest BCUT2D eigenvalue weighted by atomic mass is 10.1. The molecule has 0 heterocycles. The first-order chi connectivity index (χ1) is 9.86. The lowest BCUT2D eigenvalue weighted by molar-refractivity contribution is -0.140. The van der Waals surface area contributed by atoms with Crippen molar-refractivity contribution >= 4 is 17.7 Å². The molecular formula is C16H20N2O3. The summed E-state index contributed by atoms with van der Waals surface area (Å²) in [5.74, 6) is -1.37. The van der Waals surface area contributed by atoms with Crippen LogP contribution < -0.4 is 10.2 Å². The molecule has 2 amide bonds. The molecule has 2 N–H and O–H groups in total. The molecule has 5 nitrogen and oxygen atoms in total. The molecule has 2 rings (SSSR count). The second-order valence-corrected chi connectivity index (χ2v) is 5.53. The predicted octanol–water partition coefficient (Wildman–Crippen LogP) is 2.48. The molecule has 5 heteroatoms. The summed E-state index contributed by atoms with van der Waals surface area (Å²) < 4.78 is 0. The molecule has 0 saturated heterocycles. The Morgan fingerprint density at radius 2 is 1.81 bits per heavy atom. The number of urea groups is 1. The van der Waals surface area contributed by atoms with Crippen molar-refractivity contribution in [2.24, 2.45) is 5.92 Å². The van der Waals surface area contributed by atoms with Gasteiger partial charge < -0.3 is 10.4 Å². The summed E-state index contributed by atoms with van der Waals surface area (Å²) >= 11 is 0. The highest BCUT2D eigenvalue weighted by Gasteiger charge is 2.26. The number of carboxylic acid groups (broad SMARTS) is 1. The van der Waals surface area contributed by atoms with Gasteiger partial charge in [0, 0.05) is 12.7 Å². The number of nitrogens with one attached hydrogen (secondary N) is 1. The van der Waals surface area contributed by atoms with Crippen molar-refractivity contribution in [2.75, 3.05) is 11.9 Å². The molecule has 0 aliphatic heterocycles. The Hall–Kier alpha value is -2.30. The van der Waals surface area contributed by atoms with Crippen LogP contribution in [0.25, 0.3) is 0 Å². The average Bonchev–Trinajstić information content (AvgIpc) is 2.85. The fourth-order valence-corrected chi connectivity index (χ4v) is 2.51. The van der Waals surface area contributed by atoms with Gasteiger partial charge in [-0.3, -0.25) is 9.69 Å². The minimum absolute atomic E-state index is 0.230. The van der Waals surface area contributed by atoms with Crippen LogP contribution in [0.1, 0.15) is 17.5 Å². The first-order valence-electron chi connectivity index (χ1n) is 6.90. The van der Waals surface area contributed by atoms with Crippen LogP contribution in [0.4, 0.5) is 10.5 Å². The number of nitrogens with zero attached hydrogens (tertiary/aromatic N) is 1. The van der Waals surface area contributed by atoms with Crippen LogP contribution in [0.3, 0.4) is 0 Å². The van der Waals surface area contributed by atoms with Crippen LogP contribution in [0.15, 0.2) is 30.4 Å². The first kappa shape index (κ1) is 15.1. The number of hydrogen-bond donors (Lipinski definition) is 2. The monoisotopic (exact) mass is 288 g/mol. The van der Waals surface area contributed by atoms with Crippen LogP contribution >= 0.6 is 0 Å². The summed E-state index contributed by atoms with van der Waals surface area (Å²) in [6.45, 7) is 3.97. The van der Waals surface area contributed by atoms with Crippen LogP contribution in [0.2, 0.25) is 0 Å². The Balaban J connectivity index is 2.00. The number of hydrogen-bond acceptors (Lipinski definition) is 2. The van der Waals surface area contributed by atoms with Crippen molar-refractivity contribution in [3.63, 3.8) is 0 Å². The molecule has 0 fully saturated rings. The second kappa shape index (κ2) is 5.99. The van der Waals surface area contributed by atoms with Gasteiger partial charge in [-0.1, -0.05) is 18.2 Å². The standard InChI is InChI=1S/C16H20N2O3/c1-10-6-11(2)8-14(7-10)18(3)16(21)17-13-5-4-12(9-13)15(19)20/h4-8,12-13H,9H2,1-3H3,(H,17,21)(H,19,20). The Kier molecular flexibility index (Phi) is 4.31. The van der Waals surface area contributed by atoms with Gasteiger partial charge in [0.1, 0.15) is 0 Å². The number of amides is 2. The summed E-state index contributed by atoms with van der Waals surface area (Å²) in [5, 5.41) is 11.8. The maximum atomic E-state index is 12.2. The zero-order valence-electron chi connectivity index (χ0n) is 12.5. The smallest absolute Gasteiger partial charge is 0.322 e. The lowest BCUT2D eigenvalue weighted by Crippen LogP contribution is -2.42. The van der Waals surface area contributed by atoms with E-state index < -0.39 is 11.9 Å². The van der Waals surface area contributed by atoms with Crippen molar-refractivity contribution in [1.29, 1.82) is 0 Å². The van der Waals surface area contributed by atoms with E-state index >= 15 is 0 Å². The van der Waals surface area contributed by atoms with Crippen molar-refractivity contribution in [3.8, 4) is 0 Å². The first-order valence-corrected chi connectivity index (χ1v) is 6.90. The highest BCUT2D eigenvalue weighted by Crippen LogP contribution is 2.20. The highest BCUT2D eigenvalue weighted by atomic mass is 16.4. The fourth-order valence-electron chi connectivity index (χ4n) is 2.51. The van der Waals surface area contributed by atoms with Crippen LogP contribution in [0, 0.1) is 19.8 Å². The minimum atomic E-state index is -0.856. The Labute approximate surface area is 124 Å². The molecule has 1 aromatic carbocycles. The van der Waals surface area contributed by atoms with E-state index in [1.54, 1.807) is 24.1 Å². The van der Waals surface area contributed by atoms with Crippen LogP contribution in [-0.2, 0) is 4.79 Å². The van der Waals surface area contributed by atoms with Crippen LogP contribution in [-0.4, -0.2) is 30.2 Å². The van der Waals surface area contributed by atoms with E-state index in [1.807, 2.05) is 32.0 Å². The molecule has 21 heavy (non-hydrogen) atoms. The molecule has 112 valence electrons. The maximum absolute atomic E-state index is 12.2. The number of aliphatic carboxylic acids is 1. The van der Waals surface area contributed by atoms with Gasteiger partial charge in [0.25, 0.3) is 0 Å². The maximum Gasteiger partial charge on any atom is 0.322 e. The number of aryl methyl sites for hydroxylation is 2. The highest BCUT2D eigenvalue weighted by molar-refractivity contribution is 5.92. The summed E-state index contributed by atoms with van der Waals surface area (Å²) in [4.78, 5) is 24.7. The van der Waals surface area contributed by atoms with Crippen LogP contribution in [0.5, 0.6) is 0 Å². The number of carbonyl (C=O) groups excluding carboxylic acids is 1. The van der Waals surface area contributed by atoms with Gasteiger partial charge >= 0.3 is 12.0 Å². The molecule has 1 aliphatic carbocycles. The van der Waals surface area contributed by atoms with Gasteiger partial charge in [-0.2, -0.15) is 0 Å². The molecule has 0 saturated carbocycles. The zero-order chi connectivity index (χ0) is 15.6. The second-order valence-electron chi connectivity index (χ2n) is 5.53. The zero-order valence-corrected chi connectivity index (χ0v) is 12.5. The molecule has 2 unspecified atom stereocenters. The van der Waals surface area contributed by atoms with Crippen molar-refractivity contribution in [2.45, 2.75) is 26.3 Å². The minimum Gasteiger partial charge on any atom is -0.481 e. The largest absolute Gasteiger partial charge is 0.481 e. The number of carbonyl (C=O) groups is 2. The van der Waals surface area contributed by atoms with E-state index in [-0.39, 0.29) is 12.1 Å². The van der Waals surface area contributed by atoms with E-state index in [2.05, 4.69) is 5.32 Å². The lowest BCUT2D eigenvalue weighted by Gasteiger charge is -2.21. The third-order valence-electron chi connectivity index (χ3n) is 3.61. The van der Waals surface area contributed by atoms with Gasteiger partial charge in [-0.25, -0.2) is 4.79 Å². The average molecular weight is 288 g/mol. The molecule has 1 aliphatic rings. The SMILES string of the molecule is Cc1cc(C)cc(N(C)C(=O)NC2C=CC(C(=O)O)C2)c1. The van der Waals surface area contributed by atoms with Crippen molar-refractivity contribution in [1.82, 2.24) is 5.32 Å². The van der Waals surface area contributed by atoms with Crippen molar-refractivity contribution < 1.29 is 14.7 Å². The summed E-state index contributed by atoms with van der Waals surface area (Å²) in [6.07, 6.45) is 3.78. The topological polar surface area (TPSA) is 69.6 Å². The quantitative estimate of drug-likeness (QED) is 0.839. The Bertz CT molecular complexity index is 575. The van der Waals surface area contributed by atoms with Gasteiger partial charge in [-0.05, 0) is 43.5 Å². The fraction of sp³-hybridized carbons (Fsp3) is 0.375. The van der Waals surface area contributed by atoms with Gasteiger partial charge in [0.15, 0.2) is 0 Å². The number of anilines is 1. The van der Waals surface area contributed by atoms with Gasteiger partial charge in [0.2, 0.25) is 0 Å². The Morgan fingerprint density at radius 1 is 1.19 bits per heavy atom. The number of carboxylic acids is 1. The molecule has 0 aromatic heterocycles. The third-order valence-corrected chi connectivity index (χ3v) is 3.61. The molecule has 0 radical (unpaired) electrons. The molecule has 0 spiro atoms. The Morgan fingerprint density at radius 3 is 2.33 bits per heavy atom. The van der Waals surface area contributed by atoms with E-state index in [9.17, 15) is 9.59 Å². The van der Waals surface area contributed by atoms with E-state index in [0.717, 1.165) is 16.8 Å². The van der Waals surface area contributed by atoms with Gasteiger partial charge in [0.05, 0.1) is 12.0 Å². The number of rotatable bonds is 3. The normalized spacial score (nSPS) is 20.3. The summed E-state index contributed by atoms with van der Waals surface area (Å²) in [6, 6.07) is 5.47. The summed E-state index contributed by atoms with van der Waals surface area (Å²) in [7, 11) is 1.71. The molecule has 2 atom stereocenters. The van der Waals surface area contributed by atoms with E-state index in [0.29, 0.717) is 6.42 Å². The molecular weight excluding hydrogens is 268 g/mol. The predicted molar refractivity (Wildman–Crippen MR) is 81.5 cm³/mol. The van der Waals surface area contributed by atoms with E-state index in [4.69, 9.17) is 5.11 Å². The molecule has 0 bridgehead atoms. The number of benzene rings is 1. The van der Waals surface area contributed by atoms with Gasteiger partial charge in [-0.15, -0.1) is 0 Å². The third kappa shape index (κ3) is 3.62.